The normalized spacial score (nSPS) is 26.6. The van der Waals surface area contributed by atoms with E-state index in [1.54, 1.807) is 0 Å². The smallest absolute Gasteiger partial charge is 0.134 e. The van der Waals surface area contributed by atoms with Crippen molar-refractivity contribution >= 4 is 17.5 Å². The number of Topliss-reactive ketones (excluding diaryl/α,β-unsaturated/α-hetero) is 1. The van der Waals surface area contributed by atoms with Crippen molar-refractivity contribution in [2.24, 2.45) is 5.92 Å². The highest BCUT2D eigenvalue weighted by Gasteiger charge is 2.26. The van der Waals surface area contributed by atoms with E-state index in [4.69, 9.17) is 0 Å². The molecule has 0 spiro atoms. The zero-order valence-electron chi connectivity index (χ0n) is 8.98. The van der Waals surface area contributed by atoms with Crippen molar-refractivity contribution in [1.82, 2.24) is 0 Å². The third-order valence-corrected chi connectivity index (χ3v) is 4.45. The van der Waals surface area contributed by atoms with E-state index in [-0.39, 0.29) is 0 Å². The fourth-order valence-electron chi connectivity index (χ4n) is 1.93. The molecule has 2 rings (SSSR count). The summed E-state index contributed by atoms with van der Waals surface area (Å²) in [6, 6.07) is 10.4. The Hall–Kier alpha value is -0.760. The molecule has 15 heavy (non-hydrogen) atoms. The van der Waals surface area contributed by atoms with Gasteiger partial charge in [-0.1, -0.05) is 25.1 Å². The molecule has 0 saturated heterocycles. The van der Waals surface area contributed by atoms with Crippen LogP contribution in [0.1, 0.15) is 26.2 Å². The lowest BCUT2D eigenvalue weighted by molar-refractivity contribution is -0.120. The maximum atomic E-state index is 11.4. The van der Waals surface area contributed by atoms with Crippen molar-refractivity contribution in [1.29, 1.82) is 0 Å². The molecule has 0 amide bonds. The Morgan fingerprint density at radius 2 is 2.00 bits per heavy atom. The van der Waals surface area contributed by atoms with E-state index in [1.165, 1.54) is 4.90 Å². The molecule has 1 nitrogen and oxygen atoms in total. The zero-order valence-corrected chi connectivity index (χ0v) is 9.80. The number of benzene rings is 1. The van der Waals surface area contributed by atoms with Gasteiger partial charge in [-0.2, -0.15) is 0 Å². The maximum Gasteiger partial charge on any atom is 0.134 e. The fraction of sp³-hybridized carbons (Fsp3) is 0.462. The van der Waals surface area contributed by atoms with E-state index in [0.717, 1.165) is 19.3 Å². The van der Waals surface area contributed by atoms with Crippen LogP contribution in [-0.4, -0.2) is 11.0 Å². The minimum atomic E-state index is 0.432. The molecule has 1 saturated carbocycles. The number of ketones is 1. The second-order valence-corrected chi connectivity index (χ2v) is 5.54. The Morgan fingerprint density at radius 1 is 1.27 bits per heavy atom. The topological polar surface area (TPSA) is 17.1 Å². The van der Waals surface area contributed by atoms with Crippen molar-refractivity contribution in [2.75, 3.05) is 0 Å². The Kier molecular flexibility index (Phi) is 3.47. The Morgan fingerprint density at radius 3 is 2.73 bits per heavy atom. The van der Waals surface area contributed by atoms with E-state index in [0.29, 0.717) is 17.0 Å². The molecule has 1 fully saturated rings. The molecule has 2 heteroatoms. The summed E-state index contributed by atoms with van der Waals surface area (Å²) in [5.41, 5.74) is 0. The SMILES string of the molecule is C[C@@H]1CCC(=O)C[C@H]1Sc1ccccc1. The van der Waals surface area contributed by atoms with Crippen LogP contribution in [0.5, 0.6) is 0 Å². The van der Waals surface area contributed by atoms with E-state index >= 15 is 0 Å². The molecule has 0 bridgehead atoms. The number of hydrogen-bond acceptors (Lipinski definition) is 2. The number of carbonyl (C=O) groups excluding carboxylic acids is 1. The summed E-state index contributed by atoms with van der Waals surface area (Å²) in [7, 11) is 0. The summed E-state index contributed by atoms with van der Waals surface area (Å²) in [5.74, 6) is 1.09. The summed E-state index contributed by atoms with van der Waals surface area (Å²) in [4.78, 5) is 12.7. The van der Waals surface area contributed by atoms with Crippen molar-refractivity contribution in [3.8, 4) is 0 Å². The molecule has 1 aromatic carbocycles. The standard InChI is InChI=1S/C13H16OS/c1-10-7-8-11(14)9-13(10)15-12-5-3-2-4-6-12/h2-6,10,13H,7-9H2,1H3/t10-,13-/m1/s1. The average Bonchev–Trinajstić information content (AvgIpc) is 2.25. The van der Waals surface area contributed by atoms with Gasteiger partial charge in [0.15, 0.2) is 0 Å². The minimum absolute atomic E-state index is 0.432. The van der Waals surface area contributed by atoms with Crippen LogP contribution < -0.4 is 0 Å². The molecule has 0 aliphatic heterocycles. The first kappa shape index (κ1) is 10.7. The lowest BCUT2D eigenvalue weighted by Gasteiger charge is -2.27. The number of carbonyl (C=O) groups is 1. The third-order valence-electron chi connectivity index (χ3n) is 2.97. The first-order chi connectivity index (χ1) is 7.25. The highest BCUT2D eigenvalue weighted by atomic mass is 32.2. The van der Waals surface area contributed by atoms with Gasteiger partial charge < -0.3 is 0 Å². The molecule has 80 valence electrons. The molecule has 0 N–H and O–H groups in total. The van der Waals surface area contributed by atoms with Gasteiger partial charge in [-0.3, -0.25) is 4.79 Å². The van der Waals surface area contributed by atoms with Gasteiger partial charge in [0, 0.05) is 23.0 Å². The van der Waals surface area contributed by atoms with Crippen molar-refractivity contribution in [3.63, 3.8) is 0 Å². The molecule has 2 atom stereocenters. The largest absolute Gasteiger partial charge is 0.300 e. The molecule has 1 aliphatic rings. The van der Waals surface area contributed by atoms with Crippen molar-refractivity contribution < 1.29 is 4.79 Å². The lowest BCUT2D eigenvalue weighted by atomic mass is 9.89. The van der Waals surface area contributed by atoms with Crippen LogP contribution in [0, 0.1) is 5.92 Å². The summed E-state index contributed by atoms with van der Waals surface area (Å²) >= 11 is 1.86. The number of rotatable bonds is 2. The molecule has 0 unspecified atom stereocenters. The van der Waals surface area contributed by atoms with Crippen LogP contribution in [-0.2, 0) is 4.79 Å². The van der Waals surface area contributed by atoms with Gasteiger partial charge in [-0.15, -0.1) is 11.8 Å². The summed E-state index contributed by atoms with van der Waals surface area (Å²) in [6.07, 6.45) is 2.59. The Bertz CT molecular complexity index is 334. The predicted octanol–water partition coefficient (Wildman–Crippen LogP) is 3.54. The summed E-state index contributed by atoms with van der Waals surface area (Å²) < 4.78 is 0. The van der Waals surface area contributed by atoms with Crippen LogP contribution in [0.2, 0.25) is 0 Å². The quantitative estimate of drug-likeness (QED) is 0.758. The summed E-state index contributed by atoms with van der Waals surface area (Å²) in [6.45, 7) is 2.26. The van der Waals surface area contributed by atoms with Gasteiger partial charge in [0.2, 0.25) is 0 Å². The van der Waals surface area contributed by atoms with Crippen LogP contribution in [0.25, 0.3) is 0 Å². The molecule has 0 aromatic heterocycles. The summed E-state index contributed by atoms with van der Waals surface area (Å²) in [5, 5.41) is 0.480. The van der Waals surface area contributed by atoms with Crippen LogP contribution in [0.4, 0.5) is 0 Å². The van der Waals surface area contributed by atoms with Crippen LogP contribution in [0.3, 0.4) is 0 Å². The molecule has 0 heterocycles. The minimum Gasteiger partial charge on any atom is -0.300 e. The fourth-order valence-corrected chi connectivity index (χ4v) is 3.24. The number of thioether (sulfide) groups is 1. The highest BCUT2D eigenvalue weighted by Crippen LogP contribution is 2.35. The zero-order chi connectivity index (χ0) is 10.7. The maximum absolute atomic E-state index is 11.4. The predicted molar refractivity (Wildman–Crippen MR) is 64.1 cm³/mol. The first-order valence-electron chi connectivity index (χ1n) is 5.49. The van der Waals surface area contributed by atoms with Crippen molar-refractivity contribution in [2.45, 2.75) is 36.3 Å². The molecule has 1 aliphatic carbocycles. The van der Waals surface area contributed by atoms with Gasteiger partial charge in [-0.05, 0) is 24.5 Å². The molecular weight excluding hydrogens is 204 g/mol. The third kappa shape index (κ3) is 2.85. The van der Waals surface area contributed by atoms with E-state index < -0.39 is 0 Å². The lowest BCUT2D eigenvalue weighted by Crippen LogP contribution is -2.24. The van der Waals surface area contributed by atoms with Crippen molar-refractivity contribution in [3.05, 3.63) is 30.3 Å². The Labute approximate surface area is 95.3 Å². The van der Waals surface area contributed by atoms with Gasteiger partial charge in [0.05, 0.1) is 0 Å². The van der Waals surface area contributed by atoms with Crippen LogP contribution in [0.15, 0.2) is 35.2 Å². The molecule has 1 aromatic rings. The monoisotopic (exact) mass is 220 g/mol. The molecular formula is C13H16OS. The average molecular weight is 220 g/mol. The Balaban J connectivity index is 2.01. The van der Waals surface area contributed by atoms with E-state index in [1.807, 2.05) is 17.8 Å². The van der Waals surface area contributed by atoms with E-state index in [9.17, 15) is 4.79 Å². The van der Waals surface area contributed by atoms with E-state index in [2.05, 4.69) is 31.2 Å². The van der Waals surface area contributed by atoms with Gasteiger partial charge in [0.25, 0.3) is 0 Å². The number of hydrogen-bond donors (Lipinski definition) is 0. The van der Waals surface area contributed by atoms with Gasteiger partial charge in [0.1, 0.15) is 5.78 Å². The van der Waals surface area contributed by atoms with Crippen LogP contribution >= 0.6 is 11.8 Å². The second kappa shape index (κ2) is 4.84. The second-order valence-electron chi connectivity index (χ2n) is 4.23. The van der Waals surface area contributed by atoms with Gasteiger partial charge in [-0.25, -0.2) is 0 Å². The molecule has 0 radical (unpaired) electrons. The highest BCUT2D eigenvalue weighted by molar-refractivity contribution is 8.00. The first-order valence-corrected chi connectivity index (χ1v) is 6.37. The van der Waals surface area contributed by atoms with Gasteiger partial charge >= 0.3 is 0 Å².